The zero-order valence-corrected chi connectivity index (χ0v) is 13.0. The third-order valence-electron chi connectivity index (χ3n) is 4.51. The van der Waals surface area contributed by atoms with Crippen molar-refractivity contribution in [3.8, 4) is 5.75 Å². The molecule has 1 aromatic carbocycles. The number of benzene rings is 1. The van der Waals surface area contributed by atoms with Crippen LogP contribution in [0.1, 0.15) is 43.5 Å². The van der Waals surface area contributed by atoms with Crippen LogP contribution < -0.4 is 5.32 Å². The topological polar surface area (TPSA) is 75.6 Å². The van der Waals surface area contributed by atoms with Gasteiger partial charge < -0.3 is 15.2 Å². The van der Waals surface area contributed by atoms with Crippen molar-refractivity contribution < 1.29 is 19.4 Å². The van der Waals surface area contributed by atoms with Crippen LogP contribution in [-0.2, 0) is 9.53 Å². The minimum absolute atomic E-state index is 0.0648. The first-order valence-corrected chi connectivity index (χ1v) is 7.73. The summed E-state index contributed by atoms with van der Waals surface area (Å²) in [6.45, 7) is 4.01. The lowest BCUT2D eigenvalue weighted by atomic mass is 9.78. The molecule has 0 aliphatic heterocycles. The summed E-state index contributed by atoms with van der Waals surface area (Å²) in [5.41, 5.74) is 0.0648. The number of aromatic hydroxyl groups is 1. The lowest BCUT2D eigenvalue weighted by Gasteiger charge is -2.34. The standard InChI is InChI=1S/C17H23NO4/c1-11-6-5-8-14(12(11)2)18-16(20)10-22-17(21)13-7-3-4-9-15(13)19/h3-4,7,9,11-12,14,19H,5-6,8,10H2,1-2H3,(H,18,20)/t11-,12-,14+/m0/s1. The number of para-hydroxylation sites is 1. The van der Waals surface area contributed by atoms with E-state index in [1.807, 2.05) is 0 Å². The Bertz CT molecular complexity index is 543. The molecule has 1 aromatic rings. The molecule has 5 nitrogen and oxygen atoms in total. The van der Waals surface area contributed by atoms with Crippen LogP contribution in [0, 0.1) is 11.8 Å². The lowest BCUT2D eigenvalue weighted by Crippen LogP contribution is -2.45. The molecule has 2 N–H and O–H groups in total. The summed E-state index contributed by atoms with van der Waals surface area (Å²) in [5.74, 6) is -0.134. The van der Waals surface area contributed by atoms with Gasteiger partial charge in [0.05, 0.1) is 0 Å². The third kappa shape index (κ3) is 4.00. The molecule has 120 valence electrons. The number of hydrogen-bond acceptors (Lipinski definition) is 4. The minimum Gasteiger partial charge on any atom is -0.507 e. The second-order valence-corrected chi connectivity index (χ2v) is 6.03. The largest absolute Gasteiger partial charge is 0.507 e. The van der Waals surface area contributed by atoms with Crippen molar-refractivity contribution in [2.24, 2.45) is 11.8 Å². The van der Waals surface area contributed by atoms with Crippen LogP contribution in [-0.4, -0.2) is 29.6 Å². The highest BCUT2D eigenvalue weighted by Gasteiger charge is 2.28. The van der Waals surface area contributed by atoms with Gasteiger partial charge in [-0.15, -0.1) is 0 Å². The molecule has 0 radical (unpaired) electrons. The molecule has 1 aliphatic rings. The Hall–Kier alpha value is -2.04. The number of carbonyl (C=O) groups excluding carboxylic acids is 2. The van der Waals surface area contributed by atoms with Gasteiger partial charge in [-0.1, -0.05) is 38.8 Å². The number of esters is 1. The van der Waals surface area contributed by atoms with E-state index >= 15 is 0 Å². The maximum atomic E-state index is 11.9. The monoisotopic (exact) mass is 305 g/mol. The predicted octanol–water partition coefficient (Wildman–Crippen LogP) is 2.49. The molecule has 22 heavy (non-hydrogen) atoms. The zero-order valence-electron chi connectivity index (χ0n) is 13.0. The van der Waals surface area contributed by atoms with Crippen molar-refractivity contribution in [1.29, 1.82) is 0 Å². The van der Waals surface area contributed by atoms with Crippen LogP contribution in [0.4, 0.5) is 0 Å². The van der Waals surface area contributed by atoms with Crippen molar-refractivity contribution in [2.75, 3.05) is 6.61 Å². The Balaban J connectivity index is 1.83. The molecule has 1 aliphatic carbocycles. The van der Waals surface area contributed by atoms with Crippen molar-refractivity contribution >= 4 is 11.9 Å². The molecule has 1 saturated carbocycles. The number of rotatable bonds is 4. The first-order chi connectivity index (χ1) is 10.5. The Morgan fingerprint density at radius 3 is 2.73 bits per heavy atom. The highest BCUT2D eigenvalue weighted by molar-refractivity contribution is 5.93. The third-order valence-corrected chi connectivity index (χ3v) is 4.51. The van der Waals surface area contributed by atoms with E-state index in [2.05, 4.69) is 19.2 Å². The first-order valence-electron chi connectivity index (χ1n) is 7.73. The second-order valence-electron chi connectivity index (χ2n) is 6.03. The maximum Gasteiger partial charge on any atom is 0.342 e. The molecule has 1 amide bonds. The molecule has 0 saturated heterocycles. The molecule has 0 spiro atoms. The number of phenolic OH excluding ortho intramolecular Hbond substituents is 1. The molecule has 0 heterocycles. The summed E-state index contributed by atoms with van der Waals surface area (Å²) in [6, 6.07) is 6.24. The molecule has 0 aromatic heterocycles. The van der Waals surface area contributed by atoms with Crippen LogP contribution >= 0.6 is 0 Å². The molecule has 5 heteroatoms. The lowest BCUT2D eigenvalue weighted by molar-refractivity contribution is -0.125. The highest BCUT2D eigenvalue weighted by atomic mass is 16.5. The Kier molecular flexibility index (Phi) is 5.41. The van der Waals surface area contributed by atoms with Crippen LogP contribution in [0.5, 0.6) is 5.75 Å². The Morgan fingerprint density at radius 1 is 1.27 bits per heavy atom. The van der Waals surface area contributed by atoms with Gasteiger partial charge in [-0.25, -0.2) is 4.79 Å². The van der Waals surface area contributed by atoms with Gasteiger partial charge in [0, 0.05) is 6.04 Å². The van der Waals surface area contributed by atoms with Crippen LogP contribution in [0.3, 0.4) is 0 Å². The highest BCUT2D eigenvalue weighted by Crippen LogP contribution is 2.29. The number of nitrogens with one attached hydrogen (secondary N) is 1. The fourth-order valence-electron chi connectivity index (χ4n) is 2.89. The van der Waals surface area contributed by atoms with E-state index in [1.165, 1.54) is 18.6 Å². The van der Waals surface area contributed by atoms with Gasteiger partial charge in [-0.3, -0.25) is 4.79 Å². The van der Waals surface area contributed by atoms with Gasteiger partial charge in [0.25, 0.3) is 5.91 Å². The summed E-state index contributed by atoms with van der Waals surface area (Å²) >= 11 is 0. The van der Waals surface area contributed by atoms with E-state index in [0.29, 0.717) is 11.8 Å². The molecule has 3 atom stereocenters. The maximum absolute atomic E-state index is 11.9. The van der Waals surface area contributed by atoms with Crippen LogP contribution in [0.2, 0.25) is 0 Å². The van der Waals surface area contributed by atoms with E-state index in [1.54, 1.807) is 12.1 Å². The molecule has 2 rings (SSSR count). The molecule has 0 bridgehead atoms. The average molecular weight is 305 g/mol. The van der Waals surface area contributed by atoms with Crippen molar-refractivity contribution in [2.45, 2.75) is 39.2 Å². The Morgan fingerprint density at radius 2 is 2.00 bits per heavy atom. The summed E-state index contributed by atoms with van der Waals surface area (Å²) in [6.07, 6.45) is 3.26. The van der Waals surface area contributed by atoms with Crippen molar-refractivity contribution in [3.05, 3.63) is 29.8 Å². The van der Waals surface area contributed by atoms with Crippen molar-refractivity contribution in [1.82, 2.24) is 5.32 Å². The van der Waals surface area contributed by atoms with Crippen LogP contribution in [0.25, 0.3) is 0 Å². The van der Waals surface area contributed by atoms with Gasteiger partial charge in [0.2, 0.25) is 0 Å². The van der Waals surface area contributed by atoms with Crippen LogP contribution in [0.15, 0.2) is 24.3 Å². The zero-order chi connectivity index (χ0) is 16.1. The predicted molar refractivity (Wildman–Crippen MR) is 82.5 cm³/mol. The molecule has 0 unspecified atom stereocenters. The number of ether oxygens (including phenoxy) is 1. The van der Waals surface area contributed by atoms with E-state index in [-0.39, 0.29) is 29.9 Å². The smallest absolute Gasteiger partial charge is 0.342 e. The average Bonchev–Trinajstić information content (AvgIpc) is 2.50. The number of hydrogen-bond donors (Lipinski definition) is 2. The minimum atomic E-state index is -0.696. The fraction of sp³-hybridized carbons (Fsp3) is 0.529. The van der Waals surface area contributed by atoms with Gasteiger partial charge in [-0.2, -0.15) is 0 Å². The van der Waals surface area contributed by atoms with E-state index in [4.69, 9.17) is 4.74 Å². The normalized spacial score (nSPS) is 24.5. The molecule has 1 fully saturated rings. The Labute approximate surface area is 130 Å². The van der Waals surface area contributed by atoms with E-state index in [0.717, 1.165) is 12.8 Å². The van der Waals surface area contributed by atoms with Crippen molar-refractivity contribution in [3.63, 3.8) is 0 Å². The number of carbonyl (C=O) groups is 2. The second kappa shape index (κ2) is 7.29. The molecular formula is C17H23NO4. The fourth-order valence-corrected chi connectivity index (χ4v) is 2.89. The van der Waals surface area contributed by atoms with Gasteiger partial charge >= 0.3 is 5.97 Å². The summed E-state index contributed by atoms with van der Waals surface area (Å²) in [4.78, 5) is 23.7. The quantitative estimate of drug-likeness (QED) is 0.838. The summed E-state index contributed by atoms with van der Waals surface area (Å²) in [5, 5.41) is 12.5. The van der Waals surface area contributed by atoms with Gasteiger partial charge in [-0.05, 0) is 30.4 Å². The van der Waals surface area contributed by atoms with Gasteiger partial charge in [0.15, 0.2) is 6.61 Å². The van der Waals surface area contributed by atoms with E-state index in [9.17, 15) is 14.7 Å². The first kappa shape index (κ1) is 16.3. The van der Waals surface area contributed by atoms with Gasteiger partial charge in [0.1, 0.15) is 11.3 Å². The number of amides is 1. The number of phenols is 1. The summed E-state index contributed by atoms with van der Waals surface area (Å²) in [7, 11) is 0. The SMILES string of the molecule is C[C@H]1[C@@H](C)CCC[C@H]1NC(=O)COC(=O)c1ccccc1O. The summed E-state index contributed by atoms with van der Waals surface area (Å²) < 4.78 is 4.96. The molecular weight excluding hydrogens is 282 g/mol. The van der Waals surface area contributed by atoms with E-state index < -0.39 is 5.97 Å².